The summed E-state index contributed by atoms with van der Waals surface area (Å²) in [5.74, 6) is 0.710. The molecule has 0 radical (unpaired) electrons. The monoisotopic (exact) mass is 422 g/mol. The van der Waals surface area contributed by atoms with Crippen LogP contribution < -0.4 is 25.8 Å². The van der Waals surface area contributed by atoms with Gasteiger partial charge in [0.05, 0.1) is 35.3 Å². The molecule has 3 aliphatic heterocycles. The van der Waals surface area contributed by atoms with Gasteiger partial charge in [0.2, 0.25) is 5.91 Å². The number of fused-ring (bicyclic) bond motifs is 3. The van der Waals surface area contributed by atoms with E-state index in [0.29, 0.717) is 11.6 Å². The quantitative estimate of drug-likeness (QED) is 0.611. The highest BCUT2D eigenvalue weighted by atomic mass is 35.5. The zero-order valence-electron chi connectivity index (χ0n) is 17.3. The van der Waals surface area contributed by atoms with Crippen LogP contribution in [-0.4, -0.2) is 50.0 Å². The van der Waals surface area contributed by atoms with Crippen molar-refractivity contribution in [2.24, 2.45) is 5.92 Å². The third-order valence-electron chi connectivity index (χ3n) is 6.33. The highest BCUT2D eigenvalue weighted by molar-refractivity contribution is 6.33. The van der Waals surface area contributed by atoms with Crippen molar-refractivity contribution in [3.8, 4) is 5.75 Å². The van der Waals surface area contributed by atoms with E-state index in [9.17, 15) is 4.79 Å². The number of nitrogens with one attached hydrogen (secondary N) is 3. The van der Waals surface area contributed by atoms with Crippen molar-refractivity contribution in [3.63, 3.8) is 0 Å². The van der Waals surface area contributed by atoms with Gasteiger partial charge in [0, 0.05) is 25.3 Å². The maximum Gasteiger partial charge on any atom is 0.227 e. The van der Waals surface area contributed by atoms with Crippen molar-refractivity contribution >= 4 is 23.2 Å². The number of hydrogen-bond donors (Lipinski definition) is 3. The summed E-state index contributed by atoms with van der Waals surface area (Å²) in [7, 11) is 1.72. The molecule has 8 heteroatoms. The molecule has 1 aromatic rings. The van der Waals surface area contributed by atoms with Gasteiger partial charge in [-0.3, -0.25) is 10.1 Å². The van der Waals surface area contributed by atoms with Gasteiger partial charge in [-0.1, -0.05) is 24.9 Å². The Morgan fingerprint density at radius 2 is 2.14 bits per heavy atom. The summed E-state index contributed by atoms with van der Waals surface area (Å²) in [6.45, 7) is 4.86. The lowest BCUT2D eigenvalue weighted by atomic mass is 9.78. The van der Waals surface area contributed by atoms with Gasteiger partial charge < -0.3 is 19.8 Å². The van der Waals surface area contributed by atoms with E-state index in [0.717, 1.165) is 37.1 Å². The Hall–Kier alpha value is -1.54. The highest BCUT2D eigenvalue weighted by Crippen LogP contribution is 2.40. The molecule has 160 valence electrons. The number of carbonyl (C=O) groups is 1. The molecule has 6 atom stereocenters. The molecule has 7 nitrogen and oxygen atoms in total. The van der Waals surface area contributed by atoms with E-state index in [4.69, 9.17) is 21.1 Å². The molecule has 3 saturated heterocycles. The van der Waals surface area contributed by atoms with Crippen LogP contribution in [-0.2, 0) is 9.53 Å². The van der Waals surface area contributed by atoms with Gasteiger partial charge in [0.1, 0.15) is 12.0 Å². The number of nitrogens with zero attached hydrogens (tertiary/aromatic N) is 1. The number of rotatable bonds is 6. The Balaban J connectivity index is 1.65. The summed E-state index contributed by atoms with van der Waals surface area (Å²) >= 11 is 6.60. The fourth-order valence-corrected chi connectivity index (χ4v) is 5.04. The Labute approximate surface area is 177 Å². The number of anilines is 1. The molecule has 3 fully saturated rings. The van der Waals surface area contributed by atoms with Crippen molar-refractivity contribution in [2.75, 3.05) is 18.7 Å². The lowest BCUT2D eigenvalue weighted by Gasteiger charge is -2.47. The minimum atomic E-state index is -0.180. The average Bonchev–Trinajstić information content (AvgIpc) is 3.07. The van der Waals surface area contributed by atoms with Crippen LogP contribution in [0.5, 0.6) is 5.75 Å². The first-order valence-corrected chi connectivity index (χ1v) is 11.0. The number of piperidine rings is 2. The van der Waals surface area contributed by atoms with Gasteiger partial charge in [0.15, 0.2) is 0 Å². The van der Waals surface area contributed by atoms with Crippen molar-refractivity contribution < 1.29 is 14.3 Å². The molecule has 1 aromatic carbocycles. The molecule has 0 bridgehead atoms. The first-order valence-electron chi connectivity index (χ1n) is 10.6. The maximum absolute atomic E-state index is 12.9. The van der Waals surface area contributed by atoms with E-state index in [1.54, 1.807) is 7.11 Å². The number of amides is 1. The van der Waals surface area contributed by atoms with Crippen molar-refractivity contribution in [2.45, 2.75) is 69.9 Å². The predicted molar refractivity (Wildman–Crippen MR) is 113 cm³/mol. The summed E-state index contributed by atoms with van der Waals surface area (Å²) in [4.78, 5) is 12.9. The number of hydrogen-bond acceptors (Lipinski definition) is 6. The van der Waals surface area contributed by atoms with Gasteiger partial charge in [-0.15, -0.1) is 0 Å². The minimum Gasteiger partial charge on any atom is -0.494 e. The molecular weight excluding hydrogens is 392 g/mol. The summed E-state index contributed by atoms with van der Waals surface area (Å²) in [5.41, 5.74) is 4.34. The number of ether oxygens (including phenoxy) is 2. The molecule has 0 saturated carbocycles. The lowest BCUT2D eigenvalue weighted by molar-refractivity contribution is -0.130. The SMILES string of the molecule is CCCCOc1ccc(Cl)c(N2NC(C)C3C(=O)NC4CCC(OC)NC4C32)c1. The molecule has 4 rings (SSSR count). The number of unbranched alkanes of at least 4 members (excludes halogenated alkanes) is 1. The van der Waals surface area contributed by atoms with E-state index in [2.05, 4.69) is 28.0 Å². The third kappa shape index (κ3) is 3.93. The second-order valence-electron chi connectivity index (χ2n) is 8.23. The number of halogens is 1. The van der Waals surface area contributed by atoms with Crippen molar-refractivity contribution in [3.05, 3.63) is 23.2 Å². The fraction of sp³-hybridized carbons (Fsp3) is 0.667. The van der Waals surface area contributed by atoms with E-state index in [1.165, 1.54) is 0 Å². The van der Waals surface area contributed by atoms with Crippen LogP contribution in [0.15, 0.2) is 18.2 Å². The van der Waals surface area contributed by atoms with Crippen LogP contribution in [0.1, 0.15) is 39.5 Å². The maximum atomic E-state index is 12.9. The zero-order chi connectivity index (χ0) is 20.5. The third-order valence-corrected chi connectivity index (χ3v) is 6.65. The van der Waals surface area contributed by atoms with Crippen molar-refractivity contribution in [1.29, 1.82) is 0 Å². The molecule has 1 amide bonds. The number of hydrazine groups is 1. The average molecular weight is 423 g/mol. The summed E-state index contributed by atoms with van der Waals surface area (Å²) in [5, 5.41) is 9.53. The largest absolute Gasteiger partial charge is 0.494 e. The lowest BCUT2D eigenvalue weighted by Crippen LogP contribution is -2.71. The topological polar surface area (TPSA) is 74.9 Å². The van der Waals surface area contributed by atoms with Crippen LogP contribution >= 0.6 is 11.6 Å². The molecule has 0 aromatic heterocycles. The number of benzene rings is 1. The second kappa shape index (κ2) is 8.68. The Morgan fingerprint density at radius 3 is 2.90 bits per heavy atom. The molecule has 3 heterocycles. The highest BCUT2D eigenvalue weighted by Gasteiger charge is 2.55. The van der Waals surface area contributed by atoms with Crippen LogP contribution in [0.3, 0.4) is 0 Å². The first kappa shape index (κ1) is 20.7. The molecule has 3 N–H and O–H groups in total. The van der Waals surface area contributed by atoms with Crippen LogP contribution in [0.4, 0.5) is 5.69 Å². The Morgan fingerprint density at radius 1 is 1.31 bits per heavy atom. The van der Waals surface area contributed by atoms with Gasteiger partial charge in [-0.05, 0) is 38.3 Å². The van der Waals surface area contributed by atoms with Crippen LogP contribution in [0.25, 0.3) is 0 Å². The standard InChI is InChI=1S/C21H31ClN4O3/c1-4-5-10-29-13-6-7-14(22)16(11-13)26-20-18(12(2)25-26)21(27)23-15-8-9-17(28-3)24-19(15)20/h6-7,11-12,15,17-20,24-25H,4-5,8-10H2,1-3H3,(H,23,27). The van der Waals surface area contributed by atoms with E-state index in [1.807, 2.05) is 25.1 Å². The van der Waals surface area contributed by atoms with E-state index >= 15 is 0 Å². The summed E-state index contributed by atoms with van der Waals surface area (Å²) in [6, 6.07) is 5.80. The van der Waals surface area contributed by atoms with Crippen molar-refractivity contribution in [1.82, 2.24) is 16.1 Å². The number of carbonyl (C=O) groups excluding carboxylic acids is 1. The summed E-state index contributed by atoms with van der Waals surface area (Å²) in [6.07, 6.45) is 3.85. The molecule has 0 aliphatic carbocycles. The normalized spacial score (nSPS) is 33.8. The van der Waals surface area contributed by atoms with Gasteiger partial charge >= 0.3 is 0 Å². The minimum absolute atomic E-state index is 0.00796. The molecule has 6 unspecified atom stereocenters. The van der Waals surface area contributed by atoms with E-state index in [-0.39, 0.29) is 42.2 Å². The molecule has 29 heavy (non-hydrogen) atoms. The van der Waals surface area contributed by atoms with Crippen LogP contribution in [0.2, 0.25) is 5.02 Å². The van der Waals surface area contributed by atoms with Gasteiger partial charge in [0.25, 0.3) is 0 Å². The number of methoxy groups -OCH3 is 1. The Bertz CT molecular complexity index is 749. The van der Waals surface area contributed by atoms with Crippen LogP contribution in [0, 0.1) is 5.92 Å². The molecule has 3 aliphatic rings. The van der Waals surface area contributed by atoms with E-state index < -0.39 is 0 Å². The molecular formula is C21H31ClN4O3. The first-order chi connectivity index (χ1) is 14.0. The molecule has 0 spiro atoms. The Kier molecular flexibility index (Phi) is 6.20. The smallest absolute Gasteiger partial charge is 0.227 e. The second-order valence-corrected chi connectivity index (χ2v) is 8.64. The van der Waals surface area contributed by atoms with Gasteiger partial charge in [-0.25, -0.2) is 5.43 Å². The fourth-order valence-electron chi connectivity index (χ4n) is 4.83. The van der Waals surface area contributed by atoms with Gasteiger partial charge in [-0.2, -0.15) is 0 Å². The zero-order valence-corrected chi connectivity index (χ0v) is 18.0. The summed E-state index contributed by atoms with van der Waals surface area (Å²) < 4.78 is 11.5. The predicted octanol–water partition coefficient (Wildman–Crippen LogP) is 2.44.